The van der Waals surface area contributed by atoms with E-state index in [1.54, 1.807) is 11.8 Å². The molecule has 0 bridgehead atoms. The maximum Gasteiger partial charge on any atom is 0.221 e. The first kappa shape index (κ1) is 18.3. The first-order valence-electron chi connectivity index (χ1n) is 6.07. The second kappa shape index (κ2) is 8.46. The van der Waals surface area contributed by atoms with Crippen LogP contribution in [0.2, 0.25) is 0 Å². The highest BCUT2D eigenvalue weighted by Crippen LogP contribution is 2.20. The topological polar surface area (TPSA) is 55.1 Å². The first-order valence-corrected chi connectivity index (χ1v) is 7.29. The van der Waals surface area contributed by atoms with Gasteiger partial charge < -0.3 is 11.1 Å². The molecule has 0 aromatic heterocycles. The number of carbonyl (C=O) groups is 1. The summed E-state index contributed by atoms with van der Waals surface area (Å²) in [6.45, 7) is 4.87. The summed E-state index contributed by atoms with van der Waals surface area (Å²) < 4.78 is 0.0620. The second-order valence-corrected chi connectivity index (χ2v) is 6.48. The number of rotatable bonds is 6. The van der Waals surface area contributed by atoms with Crippen molar-refractivity contribution in [1.82, 2.24) is 5.32 Å². The third kappa shape index (κ3) is 6.85. The van der Waals surface area contributed by atoms with E-state index < -0.39 is 0 Å². The van der Waals surface area contributed by atoms with Gasteiger partial charge in [0.1, 0.15) is 0 Å². The Balaban J connectivity index is 0.00000324. The molecule has 0 aliphatic carbocycles. The highest BCUT2D eigenvalue weighted by atomic mass is 35.5. The molecule has 108 valence electrons. The smallest absolute Gasteiger partial charge is 0.221 e. The lowest BCUT2D eigenvalue weighted by molar-refractivity contribution is -0.121. The summed E-state index contributed by atoms with van der Waals surface area (Å²) in [5, 5.41) is 2.93. The fourth-order valence-electron chi connectivity index (χ4n) is 1.47. The molecule has 1 unspecified atom stereocenters. The number of benzene rings is 1. The van der Waals surface area contributed by atoms with Crippen LogP contribution in [0.4, 0.5) is 0 Å². The van der Waals surface area contributed by atoms with Crippen LogP contribution < -0.4 is 11.1 Å². The number of nitrogens with two attached hydrogens (primary N) is 1. The van der Waals surface area contributed by atoms with Crippen molar-refractivity contribution in [2.45, 2.75) is 31.1 Å². The van der Waals surface area contributed by atoms with Gasteiger partial charge in [-0.05, 0) is 25.7 Å². The second-order valence-electron chi connectivity index (χ2n) is 4.96. The van der Waals surface area contributed by atoms with Gasteiger partial charge in [0.05, 0.1) is 0 Å². The fourth-order valence-corrected chi connectivity index (χ4v) is 1.69. The van der Waals surface area contributed by atoms with Crippen LogP contribution in [0.3, 0.4) is 0 Å². The van der Waals surface area contributed by atoms with Crippen LogP contribution in [0.1, 0.15) is 31.9 Å². The summed E-state index contributed by atoms with van der Waals surface area (Å²) in [5.41, 5.74) is 7.00. The van der Waals surface area contributed by atoms with Gasteiger partial charge in [0.25, 0.3) is 0 Å². The van der Waals surface area contributed by atoms with Gasteiger partial charge in [0.2, 0.25) is 5.91 Å². The zero-order valence-electron chi connectivity index (χ0n) is 11.7. The lowest BCUT2D eigenvalue weighted by Gasteiger charge is -2.22. The van der Waals surface area contributed by atoms with Crippen molar-refractivity contribution < 1.29 is 4.79 Å². The van der Waals surface area contributed by atoms with Crippen molar-refractivity contribution in [3.63, 3.8) is 0 Å². The van der Waals surface area contributed by atoms with Gasteiger partial charge in [-0.3, -0.25) is 4.79 Å². The minimum atomic E-state index is -0.233. The minimum Gasteiger partial charge on any atom is -0.355 e. The summed E-state index contributed by atoms with van der Waals surface area (Å²) in [5.74, 6) is 0.00785. The Hall–Kier alpha value is -0.710. The van der Waals surface area contributed by atoms with Gasteiger partial charge in [-0.25, -0.2) is 0 Å². The van der Waals surface area contributed by atoms with Gasteiger partial charge in [0.15, 0.2) is 0 Å². The predicted molar refractivity (Wildman–Crippen MR) is 85.8 cm³/mol. The highest BCUT2D eigenvalue weighted by molar-refractivity contribution is 7.99. The number of hydrogen-bond donors (Lipinski definition) is 2. The summed E-state index contributed by atoms with van der Waals surface area (Å²) in [6, 6.07) is 9.47. The number of carbonyl (C=O) groups excluding carboxylic acids is 1. The fraction of sp³-hybridized carbons (Fsp3) is 0.500. The molecule has 19 heavy (non-hydrogen) atoms. The van der Waals surface area contributed by atoms with Gasteiger partial charge in [-0.15, -0.1) is 12.4 Å². The number of thioether (sulfide) groups is 1. The van der Waals surface area contributed by atoms with E-state index in [-0.39, 0.29) is 29.1 Å². The zero-order valence-corrected chi connectivity index (χ0v) is 13.3. The van der Waals surface area contributed by atoms with Crippen LogP contribution in [-0.2, 0) is 4.79 Å². The van der Waals surface area contributed by atoms with E-state index in [2.05, 4.69) is 19.2 Å². The summed E-state index contributed by atoms with van der Waals surface area (Å²) in [7, 11) is 0. The van der Waals surface area contributed by atoms with Gasteiger partial charge in [-0.1, -0.05) is 30.3 Å². The minimum absolute atomic E-state index is 0. The molecule has 3 N–H and O–H groups in total. The number of hydrogen-bond acceptors (Lipinski definition) is 3. The van der Waals surface area contributed by atoms with E-state index in [1.165, 1.54) is 0 Å². The number of amides is 1. The van der Waals surface area contributed by atoms with Crippen molar-refractivity contribution in [2.24, 2.45) is 5.73 Å². The van der Waals surface area contributed by atoms with E-state index in [1.807, 2.05) is 36.6 Å². The van der Waals surface area contributed by atoms with Gasteiger partial charge >= 0.3 is 0 Å². The predicted octanol–water partition coefficient (Wildman–Crippen LogP) is 2.76. The Labute approximate surface area is 126 Å². The molecule has 0 fully saturated rings. The average molecular weight is 303 g/mol. The van der Waals surface area contributed by atoms with Crippen LogP contribution in [-0.4, -0.2) is 23.5 Å². The monoisotopic (exact) mass is 302 g/mol. The molecule has 1 aromatic carbocycles. The molecule has 5 heteroatoms. The molecule has 1 atom stereocenters. The van der Waals surface area contributed by atoms with Crippen LogP contribution in [0.5, 0.6) is 0 Å². The van der Waals surface area contributed by atoms with Crippen molar-refractivity contribution in [3.05, 3.63) is 35.9 Å². The first-order chi connectivity index (χ1) is 8.44. The SMILES string of the molecule is CSC(C)(C)CNC(=O)CC(N)c1ccccc1.Cl. The van der Waals surface area contributed by atoms with Crippen molar-refractivity contribution in [3.8, 4) is 0 Å². The Morgan fingerprint density at radius 2 is 1.95 bits per heavy atom. The van der Waals surface area contributed by atoms with E-state index >= 15 is 0 Å². The summed E-state index contributed by atoms with van der Waals surface area (Å²) in [6.07, 6.45) is 2.37. The van der Waals surface area contributed by atoms with Gasteiger partial charge in [-0.2, -0.15) is 11.8 Å². The zero-order chi connectivity index (χ0) is 13.6. The molecular weight excluding hydrogens is 280 g/mol. The van der Waals surface area contributed by atoms with Crippen LogP contribution in [0.15, 0.2) is 30.3 Å². The van der Waals surface area contributed by atoms with Crippen molar-refractivity contribution in [1.29, 1.82) is 0 Å². The van der Waals surface area contributed by atoms with E-state index in [9.17, 15) is 4.79 Å². The Kier molecular flexibility index (Phi) is 8.14. The standard InChI is InChI=1S/C14H22N2OS.ClH/c1-14(2,18-3)10-16-13(17)9-12(15)11-7-5-4-6-8-11;/h4-8,12H,9-10,15H2,1-3H3,(H,16,17);1H. The van der Waals surface area contributed by atoms with E-state index in [4.69, 9.17) is 5.73 Å². The molecular formula is C14H23ClN2OS. The largest absolute Gasteiger partial charge is 0.355 e. The molecule has 3 nitrogen and oxygen atoms in total. The number of nitrogens with one attached hydrogen (secondary N) is 1. The molecule has 1 aromatic rings. The Morgan fingerprint density at radius 1 is 1.37 bits per heavy atom. The lowest BCUT2D eigenvalue weighted by Crippen LogP contribution is -2.37. The van der Waals surface area contributed by atoms with Crippen LogP contribution in [0.25, 0.3) is 0 Å². The van der Waals surface area contributed by atoms with Crippen molar-refractivity contribution in [2.75, 3.05) is 12.8 Å². The molecule has 1 amide bonds. The highest BCUT2D eigenvalue weighted by Gasteiger charge is 2.18. The Bertz CT molecular complexity index is 384. The molecule has 0 heterocycles. The Morgan fingerprint density at radius 3 is 2.47 bits per heavy atom. The van der Waals surface area contributed by atoms with E-state index in [0.29, 0.717) is 13.0 Å². The van der Waals surface area contributed by atoms with Gasteiger partial charge in [0, 0.05) is 23.8 Å². The quantitative estimate of drug-likeness (QED) is 0.849. The van der Waals surface area contributed by atoms with Crippen molar-refractivity contribution >= 4 is 30.1 Å². The van der Waals surface area contributed by atoms with Crippen LogP contribution in [0, 0.1) is 0 Å². The molecule has 1 rings (SSSR count). The normalized spacial score (nSPS) is 12.4. The average Bonchev–Trinajstić information content (AvgIpc) is 2.37. The molecule has 0 spiro atoms. The third-order valence-corrected chi connectivity index (χ3v) is 4.15. The molecule has 0 saturated heterocycles. The maximum atomic E-state index is 11.8. The molecule has 0 radical (unpaired) electrons. The molecule has 0 aliphatic rings. The molecule has 0 saturated carbocycles. The number of halogens is 1. The molecule has 0 aliphatic heterocycles. The maximum absolute atomic E-state index is 11.8. The third-order valence-electron chi connectivity index (χ3n) is 2.90. The van der Waals surface area contributed by atoms with E-state index in [0.717, 1.165) is 5.56 Å². The lowest BCUT2D eigenvalue weighted by atomic mass is 10.0. The summed E-state index contributed by atoms with van der Waals surface area (Å²) in [4.78, 5) is 11.8. The summed E-state index contributed by atoms with van der Waals surface area (Å²) >= 11 is 1.74. The van der Waals surface area contributed by atoms with Crippen LogP contribution >= 0.6 is 24.2 Å².